The number of ether oxygens (including phenoxy) is 1. The first kappa shape index (κ1) is 16.2. The highest BCUT2D eigenvalue weighted by atomic mass is 19.1. The lowest BCUT2D eigenvalue weighted by Gasteiger charge is -2.21. The topological polar surface area (TPSA) is 47.4 Å². The quantitative estimate of drug-likeness (QED) is 0.787. The summed E-state index contributed by atoms with van der Waals surface area (Å²) in [4.78, 5) is 17.6. The smallest absolute Gasteiger partial charge is 0.219 e. The zero-order valence-electron chi connectivity index (χ0n) is 12.8. The van der Waals surface area contributed by atoms with Crippen molar-refractivity contribution in [2.75, 3.05) is 20.3 Å². The van der Waals surface area contributed by atoms with E-state index in [9.17, 15) is 9.18 Å². The van der Waals surface area contributed by atoms with Crippen LogP contribution in [0.2, 0.25) is 0 Å². The molecule has 5 nitrogen and oxygen atoms in total. The monoisotopic (exact) mass is 305 g/mol. The van der Waals surface area contributed by atoms with Crippen LogP contribution in [0, 0.1) is 5.82 Å². The number of imidazole rings is 1. The molecule has 0 radical (unpaired) electrons. The van der Waals surface area contributed by atoms with Gasteiger partial charge in [-0.2, -0.15) is 0 Å². The molecule has 1 amide bonds. The molecule has 1 aromatic heterocycles. The van der Waals surface area contributed by atoms with Crippen LogP contribution in [0.25, 0.3) is 0 Å². The molecule has 22 heavy (non-hydrogen) atoms. The van der Waals surface area contributed by atoms with Crippen LogP contribution in [0.5, 0.6) is 0 Å². The minimum absolute atomic E-state index is 0.0440. The van der Waals surface area contributed by atoms with E-state index in [1.807, 2.05) is 4.57 Å². The molecule has 2 aromatic rings. The van der Waals surface area contributed by atoms with Crippen LogP contribution >= 0.6 is 0 Å². The molecular weight excluding hydrogens is 285 g/mol. The van der Waals surface area contributed by atoms with Gasteiger partial charge < -0.3 is 14.2 Å². The summed E-state index contributed by atoms with van der Waals surface area (Å²) >= 11 is 0. The van der Waals surface area contributed by atoms with Crippen LogP contribution in [0.4, 0.5) is 4.39 Å². The summed E-state index contributed by atoms with van der Waals surface area (Å²) in [5, 5.41) is 0. The Morgan fingerprint density at radius 3 is 2.86 bits per heavy atom. The van der Waals surface area contributed by atoms with Crippen molar-refractivity contribution in [2.45, 2.75) is 20.0 Å². The van der Waals surface area contributed by atoms with Crippen LogP contribution < -0.4 is 0 Å². The number of hydrogen-bond acceptors (Lipinski definition) is 3. The summed E-state index contributed by atoms with van der Waals surface area (Å²) < 4.78 is 20.6. The lowest BCUT2D eigenvalue weighted by molar-refractivity contribution is -0.130. The van der Waals surface area contributed by atoms with Crippen molar-refractivity contribution in [3.05, 3.63) is 53.9 Å². The highest BCUT2D eigenvalue weighted by molar-refractivity contribution is 5.73. The molecule has 0 aliphatic rings. The van der Waals surface area contributed by atoms with Crippen molar-refractivity contribution in [2.24, 2.45) is 0 Å². The predicted octanol–water partition coefficient (Wildman–Crippen LogP) is 2.07. The maximum absolute atomic E-state index is 13.8. The van der Waals surface area contributed by atoms with Crippen molar-refractivity contribution < 1.29 is 13.9 Å². The van der Waals surface area contributed by atoms with Gasteiger partial charge in [-0.25, -0.2) is 9.37 Å². The molecule has 0 bridgehead atoms. The summed E-state index contributed by atoms with van der Waals surface area (Å²) in [5.74, 6) is 0.428. The molecule has 0 aliphatic heterocycles. The molecule has 6 heteroatoms. The van der Waals surface area contributed by atoms with Gasteiger partial charge in [-0.1, -0.05) is 18.2 Å². The molecule has 1 aromatic carbocycles. The molecule has 118 valence electrons. The van der Waals surface area contributed by atoms with E-state index in [-0.39, 0.29) is 11.7 Å². The van der Waals surface area contributed by atoms with Gasteiger partial charge in [0, 0.05) is 38.5 Å². The van der Waals surface area contributed by atoms with E-state index in [2.05, 4.69) is 4.98 Å². The van der Waals surface area contributed by atoms with E-state index in [0.29, 0.717) is 31.8 Å². The Morgan fingerprint density at radius 2 is 2.18 bits per heavy atom. The molecule has 0 saturated heterocycles. The first-order valence-electron chi connectivity index (χ1n) is 7.09. The van der Waals surface area contributed by atoms with Gasteiger partial charge in [-0.3, -0.25) is 4.79 Å². The third kappa shape index (κ3) is 4.14. The van der Waals surface area contributed by atoms with Crippen molar-refractivity contribution in [3.63, 3.8) is 0 Å². The number of carbonyl (C=O) groups is 1. The number of nitrogens with zero attached hydrogens (tertiary/aromatic N) is 3. The number of benzene rings is 1. The standard InChI is InChI=1S/C16H20FN3O2/c1-13(21)19(9-10-22-2)12-16-18-7-8-20(16)11-14-5-3-4-6-15(14)17/h3-8H,9-12H2,1-2H3. The molecule has 2 rings (SSSR count). The Morgan fingerprint density at radius 1 is 1.41 bits per heavy atom. The third-order valence-corrected chi connectivity index (χ3v) is 3.44. The molecule has 1 heterocycles. The summed E-state index contributed by atoms with van der Waals surface area (Å²) in [6.45, 7) is 3.24. The fourth-order valence-corrected chi connectivity index (χ4v) is 2.17. The van der Waals surface area contributed by atoms with Gasteiger partial charge in [0.15, 0.2) is 0 Å². The zero-order valence-corrected chi connectivity index (χ0v) is 12.8. The summed E-state index contributed by atoms with van der Waals surface area (Å²) in [5.41, 5.74) is 0.591. The average Bonchev–Trinajstić information content (AvgIpc) is 2.92. The second kappa shape index (κ2) is 7.70. The number of hydrogen-bond donors (Lipinski definition) is 0. The summed E-state index contributed by atoms with van der Waals surface area (Å²) in [6.07, 6.45) is 3.45. The lowest BCUT2D eigenvalue weighted by atomic mass is 10.2. The van der Waals surface area contributed by atoms with E-state index in [1.165, 1.54) is 13.0 Å². The molecule has 0 saturated carbocycles. The highest BCUT2D eigenvalue weighted by Crippen LogP contribution is 2.11. The summed E-state index contributed by atoms with van der Waals surface area (Å²) in [7, 11) is 1.59. The number of halogens is 1. The largest absolute Gasteiger partial charge is 0.383 e. The van der Waals surface area contributed by atoms with Gasteiger partial charge in [-0.05, 0) is 6.07 Å². The van der Waals surface area contributed by atoms with Crippen molar-refractivity contribution in [1.29, 1.82) is 0 Å². The van der Waals surface area contributed by atoms with Crippen LogP contribution in [0.15, 0.2) is 36.7 Å². The normalized spacial score (nSPS) is 10.7. The fourth-order valence-electron chi connectivity index (χ4n) is 2.17. The summed E-state index contributed by atoms with van der Waals surface area (Å²) in [6, 6.07) is 6.64. The van der Waals surface area contributed by atoms with E-state index in [1.54, 1.807) is 42.6 Å². The van der Waals surface area contributed by atoms with Gasteiger partial charge in [0.1, 0.15) is 11.6 Å². The first-order chi connectivity index (χ1) is 10.6. The molecule has 0 aliphatic carbocycles. The molecule has 0 spiro atoms. The second-order valence-electron chi connectivity index (χ2n) is 5.00. The fraction of sp³-hybridized carbons (Fsp3) is 0.375. The van der Waals surface area contributed by atoms with Crippen molar-refractivity contribution >= 4 is 5.91 Å². The molecule has 0 atom stereocenters. The number of aromatic nitrogens is 2. The number of carbonyl (C=O) groups excluding carboxylic acids is 1. The van der Waals surface area contributed by atoms with Gasteiger partial charge in [0.05, 0.1) is 19.7 Å². The molecule has 0 N–H and O–H groups in total. The minimum atomic E-state index is -0.245. The third-order valence-electron chi connectivity index (χ3n) is 3.44. The Hall–Kier alpha value is -2.21. The van der Waals surface area contributed by atoms with Gasteiger partial charge >= 0.3 is 0 Å². The Balaban J connectivity index is 2.11. The first-order valence-corrected chi connectivity index (χ1v) is 7.09. The Kier molecular flexibility index (Phi) is 5.66. The number of rotatable bonds is 7. The second-order valence-corrected chi connectivity index (χ2v) is 5.00. The van der Waals surface area contributed by atoms with E-state index < -0.39 is 0 Å². The highest BCUT2D eigenvalue weighted by Gasteiger charge is 2.13. The number of amides is 1. The van der Waals surface area contributed by atoms with Crippen LogP contribution in [0.3, 0.4) is 0 Å². The van der Waals surface area contributed by atoms with Crippen molar-refractivity contribution in [1.82, 2.24) is 14.5 Å². The molecule has 0 fully saturated rings. The predicted molar refractivity (Wildman–Crippen MR) is 80.7 cm³/mol. The maximum atomic E-state index is 13.8. The Labute approximate surface area is 129 Å². The average molecular weight is 305 g/mol. The Bertz CT molecular complexity index is 627. The zero-order chi connectivity index (χ0) is 15.9. The SMILES string of the molecule is COCCN(Cc1nccn1Cc1ccccc1F)C(C)=O. The lowest BCUT2D eigenvalue weighted by Crippen LogP contribution is -2.32. The van der Waals surface area contributed by atoms with Crippen LogP contribution in [-0.2, 0) is 22.6 Å². The van der Waals surface area contributed by atoms with Crippen molar-refractivity contribution in [3.8, 4) is 0 Å². The molecular formula is C16H20FN3O2. The van der Waals surface area contributed by atoms with Gasteiger partial charge in [-0.15, -0.1) is 0 Å². The van der Waals surface area contributed by atoms with Gasteiger partial charge in [0.25, 0.3) is 0 Å². The van der Waals surface area contributed by atoms with E-state index in [4.69, 9.17) is 4.74 Å². The van der Waals surface area contributed by atoms with Crippen LogP contribution in [0.1, 0.15) is 18.3 Å². The van der Waals surface area contributed by atoms with E-state index >= 15 is 0 Å². The minimum Gasteiger partial charge on any atom is -0.383 e. The number of methoxy groups -OCH3 is 1. The molecule has 0 unspecified atom stereocenters. The van der Waals surface area contributed by atoms with Gasteiger partial charge in [0.2, 0.25) is 5.91 Å². The van der Waals surface area contributed by atoms with Crippen LogP contribution in [-0.4, -0.2) is 40.6 Å². The maximum Gasteiger partial charge on any atom is 0.219 e. The van der Waals surface area contributed by atoms with E-state index in [0.717, 1.165) is 5.82 Å².